The Bertz CT molecular complexity index is 494. The molecule has 0 radical (unpaired) electrons. The first-order valence-corrected chi connectivity index (χ1v) is 8.13. The SMILES string of the molecule is CCn1cnnc1CNC(=NC)NC1CN(C(C)C)CC1C. The van der Waals surface area contributed by atoms with E-state index in [9.17, 15) is 0 Å². The summed E-state index contributed by atoms with van der Waals surface area (Å²) in [5.74, 6) is 2.36. The standard InChI is InChI=1S/C15H29N7/c1-6-21-10-18-20-14(21)7-17-15(16-5)19-13-9-22(11(2)3)8-12(13)4/h10-13H,6-9H2,1-5H3,(H2,16,17,19). The highest BCUT2D eigenvalue weighted by Crippen LogP contribution is 2.18. The molecule has 1 aromatic rings. The number of rotatable bonds is 5. The molecule has 0 aromatic carbocycles. The monoisotopic (exact) mass is 307 g/mol. The maximum atomic E-state index is 4.33. The van der Waals surface area contributed by atoms with E-state index in [1.165, 1.54) is 0 Å². The van der Waals surface area contributed by atoms with E-state index in [0.717, 1.165) is 31.4 Å². The Hall–Kier alpha value is -1.63. The number of aromatic nitrogens is 3. The average Bonchev–Trinajstić information content (AvgIpc) is 3.10. The summed E-state index contributed by atoms with van der Waals surface area (Å²) in [5.41, 5.74) is 0. The molecule has 2 N–H and O–H groups in total. The summed E-state index contributed by atoms with van der Waals surface area (Å²) in [4.78, 5) is 6.83. The van der Waals surface area contributed by atoms with Crippen molar-refractivity contribution in [1.29, 1.82) is 0 Å². The van der Waals surface area contributed by atoms with Gasteiger partial charge in [0.2, 0.25) is 0 Å². The Morgan fingerprint density at radius 2 is 2.23 bits per heavy atom. The highest BCUT2D eigenvalue weighted by Gasteiger charge is 2.31. The number of likely N-dealkylation sites (tertiary alicyclic amines) is 1. The topological polar surface area (TPSA) is 70.4 Å². The molecule has 0 saturated carbocycles. The molecular weight excluding hydrogens is 278 g/mol. The summed E-state index contributed by atoms with van der Waals surface area (Å²) < 4.78 is 2.03. The average molecular weight is 307 g/mol. The molecule has 2 rings (SSSR count). The first kappa shape index (κ1) is 16.7. The Balaban J connectivity index is 1.88. The zero-order valence-electron chi connectivity index (χ0n) is 14.4. The van der Waals surface area contributed by atoms with Crippen molar-refractivity contribution >= 4 is 5.96 Å². The summed E-state index contributed by atoms with van der Waals surface area (Å²) in [6.07, 6.45) is 1.76. The zero-order valence-corrected chi connectivity index (χ0v) is 14.4. The summed E-state index contributed by atoms with van der Waals surface area (Å²) in [5, 5.41) is 15.0. The van der Waals surface area contributed by atoms with Crippen molar-refractivity contribution in [3.8, 4) is 0 Å². The zero-order chi connectivity index (χ0) is 16.1. The fourth-order valence-corrected chi connectivity index (χ4v) is 2.83. The largest absolute Gasteiger partial charge is 0.352 e. The molecule has 2 atom stereocenters. The Morgan fingerprint density at radius 1 is 1.45 bits per heavy atom. The van der Waals surface area contributed by atoms with Crippen LogP contribution in [-0.4, -0.2) is 57.8 Å². The van der Waals surface area contributed by atoms with Crippen molar-refractivity contribution in [3.05, 3.63) is 12.2 Å². The number of nitrogens with one attached hydrogen (secondary N) is 2. The first-order valence-electron chi connectivity index (χ1n) is 8.13. The van der Waals surface area contributed by atoms with Gasteiger partial charge in [0.1, 0.15) is 6.33 Å². The van der Waals surface area contributed by atoms with Crippen LogP contribution >= 0.6 is 0 Å². The Morgan fingerprint density at radius 3 is 2.82 bits per heavy atom. The first-order chi connectivity index (χ1) is 10.5. The van der Waals surface area contributed by atoms with Crippen LogP contribution in [0.5, 0.6) is 0 Å². The van der Waals surface area contributed by atoms with E-state index >= 15 is 0 Å². The molecule has 7 nitrogen and oxygen atoms in total. The number of nitrogens with zero attached hydrogens (tertiary/aromatic N) is 5. The van der Waals surface area contributed by atoms with E-state index in [2.05, 4.69) is 58.4 Å². The molecule has 2 heterocycles. The molecule has 1 saturated heterocycles. The van der Waals surface area contributed by atoms with Gasteiger partial charge in [-0.1, -0.05) is 6.92 Å². The molecule has 0 amide bonds. The Labute approximate surface area is 133 Å². The van der Waals surface area contributed by atoms with Gasteiger partial charge in [-0.2, -0.15) is 0 Å². The number of guanidine groups is 1. The molecule has 2 unspecified atom stereocenters. The lowest BCUT2D eigenvalue weighted by Gasteiger charge is -2.21. The van der Waals surface area contributed by atoms with Gasteiger partial charge < -0.3 is 15.2 Å². The van der Waals surface area contributed by atoms with E-state index in [1.807, 2.05) is 4.57 Å². The lowest BCUT2D eigenvalue weighted by molar-refractivity contribution is 0.265. The van der Waals surface area contributed by atoms with Gasteiger partial charge in [-0.3, -0.25) is 9.89 Å². The van der Waals surface area contributed by atoms with Crippen molar-refractivity contribution in [2.24, 2.45) is 10.9 Å². The third-order valence-electron chi connectivity index (χ3n) is 4.37. The smallest absolute Gasteiger partial charge is 0.191 e. The van der Waals surface area contributed by atoms with E-state index in [-0.39, 0.29) is 0 Å². The minimum absolute atomic E-state index is 0.428. The minimum atomic E-state index is 0.428. The van der Waals surface area contributed by atoms with Crippen LogP contribution in [0.4, 0.5) is 0 Å². The summed E-state index contributed by atoms with van der Waals surface area (Å²) in [6.45, 7) is 12.6. The third-order valence-corrected chi connectivity index (χ3v) is 4.37. The summed E-state index contributed by atoms with van der Waals surface area (Å²) >= 11 is 0. The molecule has 1 aliphatic rings. The maximum absolute atomic E-state index is 4.33. The van der Waals surface area contributed by atoms with Gasteiger partial charge in [0.15, 0.2) is 11.8 Å². The Kier molecular flexibility index (Phi) is 5.76. The van der Waals surface area contributed by atoms with Gasteiger partial charge in [-0.25, -0.2) is 0 Å². The van der Waals surface area contributed by atoms with E-state index < -0.39 is 0 Å². The van der Waals surface area contributed by atoms with Crippen LogP contribution < -0.4 is 10.6 Å². The normalized spacial score (nSPS) is 23.3. The second-order valence-corrected chi connectivity index (χ2v) is 6.23. The third kappa shape index (κ3) is 3.97. The molecule has 22 heavy (non-hydrogen) atoms. The quantitative estimate of drug-likeness (QED) is 0.619. The lowest BCUT2D eigenvalue weighted by atomic mass is 10.1. The van der Waals surface area contributed by atoms with Gasteiger partial charge in [0.25, 0.3) is 0 Å². The molecule has 7 heteroatoms. The van der Waals surface area contributed by atoms with Gasteiger partial charge >= 0.3 is 0 Å². The van der Waals surface area contributed by atoms with E-state index in [0.29, 0.717) is 24.5 Å². The highest BCUT2D eigenvalue weighted by atomic mass is 15.3. The molecule has 124 valence electrons. The van der Waals surface area contributed by atoms with Crippen LogP contribution in [0.15, 0.2) is 11.3 Å². The number of hydrogen-bond acceptors (Lipinski definition) is 4. The van der Waals surface area contributed by atoms with Crippen LogP contribution in [0.2, 0.25) is 0 Å². The second kappa shape index (κ2) is 7.58. The fraction of sp³-hybridized carbons (Fsp3) is 0.800. The predicted octanol–water partition coefficient (Wildman–Crippen LogP) is 0.692. The van der Waals surface area contributed by atoms with Crippen LogP contribution in [-0.2, 0) is 13.1 Å². The van der Waals surface area contributed by atoms with Crippen LogP contribution in [0, 0.1) is 5.92 Å². The minimum Gasteiger partial charge on any atom is -0.352 e. The van der Waals surface area contributed by atoms with Crippen molar-refractivity contribution < 1.29 is 0 Å². The van der Waals surface area contributed by atoms with Gasteiger partial charge in [0, 0.05) is 38.8 Å². The molecule has 0 bridgehead atoms. The number of hydrogen-bond donors (Lipinski definition) is 2. The van der Waals surface area contributed by atoms with Gasteiger partial charge in [-0.15, -0.1) is 10.2 Å². The molecule has 1 aliphatic heterocycles. The van der Waals surface area contributed by atoms with Crippen molar-refractivity contribution in [2.75, 3.05) is 20.1 Å². The molecule has 1 fully saturated rings. The predicted molar refractivity (Wildman–Crippen MR) is 88.7 cm³/mol. The van der Waals surface area contributed by atoms with Crippen molar-refractivity contribution in [3.63, 3.8) is 0 Å². The fourth-order valence-electron chi connectivity index (χ4n) is 2.83. The molecule has 0 aliphatic carbocycles. The van der Waals surface area contributed by atoms with Crippen LogP contribution in [0.25, 0.3) is 0 Å². The number of aryl methyl sites for hydroxylation is 1. The van der Waals surface area contributed by atoms with Gasteiger partial charge in [-0.05, 0) is 26.7 Å². The van der Waals surface area contributed by atoms with Crippen molar-refractivity contribution in [1.82, 2.24) is 30.3 Å². The lowest BCUT2D eigenvalue weighted by Crippen LogP contribution is -2.46. The summed E-state index contributed by atoms with van der Waals surface area (Å²) in [6, 6.07) is 1.02. The second-order valence-electron chi connectivity index (χ2n) is 6.23. The van der Waals surface area contributed by atoms with E-state index in [1.54, 1.807) is 13.4 Å². The number of aliphatic imine (C=N–C) groups is 1. The van der Waals surface area contributed by atoms with Crippen molar-refractivity contribution in [2.45, 2.75) is 52.9 Å². The molecule has 1 aromatic heterocycles. The van der Waals surface area contributed by atoms with Crippen LogP contribution in [0.1, 0.15) is 33.5 Å². The summed E-state index contributed by atoms with van der Waals surface area (Å²) in [7, 11) is 1.81. The van der Waals surface area contributed by atoms with E-state index in [4.69, 9.17) is 0 Å². The molecular formula is C15H29N7. The molecule has 0 spiro atoms. The maximum Gasteiger partial charge on any atom is 0.191 e. The van der Waals surface area contributed by atoms with Gasteiger partial charge in [0.05, 0.1) is 6.54 Å². The highest BCUT2D eigenvalue weighted by molar-refractivity contribution is 5.79. The van der Waals surface area contributed by atoms with Crippen LogP contribution in [0.3, 0.4) is 0 Å².